The summed E-state index contributed by atoms with van der Waals surface area (Å²) in [6.07, 6.45) is 4.90. The minimum absolute atomic E-state index is 0.584. The normalized spacial score (nSPS) is 11.0. The Balaban J connectivity index is 1.55. The quantitative estimate of drug-likeness (QED) is 0.371. The summed E-state index contributed by atoms with van der Waals surface area (Å²) in [5.41, 5.74) is 2.45. The SMILES string of the molecule is Clc1ccc(-n2c(Sc3nc(-c4ccccc4)ns3)nnc2-c2cnccn2)cc1. The van der Waals surface area contributed by atoms with E-state index in [9.17, 15) is 0 Å². The van der Waals surface area contributed by atoms with Crippen LogP contribution in [0.5, 0.6) is 0 Å². The summed E-state index contributed by atoms with van der Waals surface area (Å²) in [4.78, 5) is 13.2. The Labute approximate surface area is 185 Å². The molecule has 10 heteroatoms. The van der Waals surface area contributed by atoms with Gasteiger partial charge in [0.1, 0.15) is 5.69 Å². The number of hydrogen-bond acceptors (Lipinski definition) is 8. The molecular formula is C20H12ClN7S2. The average molecular weight is 450 g/mol. The summed E-state index contributed by atoms with van der Waals surface area (Å²) in [6, 6.07) is 17.3. The standard InChI is InChI=1S/C20H12ClN7S2/c21-14-6-8-15(9-7-14)28-18(16-12-22-10-11-23-16)25-26-19(28)29-20-24-17(27-30-20)13-4-2-1-3-5-13/h1-12H. The molecule has 0 bridgehead atoms. The fraction of sp³-hybridized carbons (Fsp3) is 0. The molecule has 0 atom stereocenters. The van der Waals surface area contributed by atoms with Crippen LogP contribution in [-0.4, -0.2) is 34.1 Å². The molecule has 0 radical (unpaired) electrons. The predicted molar refractivity (Wildman–Crippen MR) is 117 cm³/mol. The summed E-state index contributed by atoms with van der Waals surface area (Å²) < 4.78 is 7.15. The topological polar surface area (TPSA) is 82.3 Å². The van der Waals surface area contributed by atoms with Gasteiger partial charge in [0.05, 0.1) is 6.20 Å². The van der Waals surface area contributed by atoms with Gasteiger partial charge in [-0.1, -0.05) is 41.9 Å². The first-order chi connectivity index (χ1) is 14.8. The molecule has 5 aromatic rings. The monoisotopic (exact) mass is 449 g/mol. The lowest BCUT2D eigenvalue weighted by atomic mass is 10.2. The van der Waals surface area contributed by atoms with E-state index in [1.807, 2.05) is 59.2 Å². The van der Waals surface area contributed by atoms with E-state index in [0.29, 0.717) is 27.5 Å². The van der Waals surface area contributed by atoms with Gasteiger partial charge in [0, 0.05) is 28.7 Å². The number of halogens is 1. The van der Waals surface area contributed by atoms with Crippen molar-refractivity contribution in [3.63, 3.8) is 0 Å². The number of aromatic nitrogens is 7. The lowest BCUT2D eigenvalue weighted by Gasteiger charge is -2.09. The van der Waals surface area contributed by atoms with Gasteiger partial charge in [0.15, 0.2) is 16.0 Å². The first-order valence-corrected chi connectivity index (χ1v) is 10.8. The molecule has 7 nitrogen and oxygen atoms in total. The van der Waals surface area contributed by atoms with E-state index in [-0.39, 0.29) is 0 Å². The van der Waals surface area contributed by atoms with Gasteiger partial charge in [0.2, 0.25) is 5.16 Å². The molecule has 0 aliphatic carbocycles. The number of rotatable bonds is 5. The lowest BCUT2D eigenvalue weighted by molar-refractivity contribution is 0.884. The van der Waals surface area contributed by atoms with E-state index in [4.69, 9.17) is 11.6 Å². The predicted octanol–water partition coefficient (Wildman–Crippen LogP) is 5.05. The minimum atomic E-state index is 0.584. The number of nitrogens with zero attached hydrogens (tertiary/aromatic N) is 7. The molecule has 0 amide bonds. The fourth-order valence-electron chi connectivity index (χ4n) is 2.77. The second-order valence-corrected chi connectivity index (χ2v) is 8.46. The van der Waals surface area contributed by atoms with E-state index in [1.54, 1.807) is 18.6 Å². The van der Waals surface area contributed by atoms with Crippen LogP contribution in [0.4, 0.5) is 0 Å². The van der Waals surface area contributed by atoms with Gasteiger partial charge < -0.3 is 0 Å². The molecule has 3 heterocycles. The third-order valence-electron chi connectivity index (χ3n) is 4.13. The van der Waals surface area contributed by atoms with Crippen molar-refractivity contribution in [3.05, 3.63) is 78.2 Å². The molecular weight excluding hydrogens is 438 g/mol. The molecule has 0 unspecified atom stereocenters. The zero-order chi connectivity index (χ0) is 20.3. The number of hydrogen-bond donors (Lipinski definition) is 0. The van der Waals surface area contributed by atoms with E-state index in [0.717, 1.165) is 15.6 Å². The van der Waals surface area contributed by atoms with Crippen molar-refractivity contribution in [2.75, 3.05) is 0 Å². The van der Waals surface area contributed by atoms with Crippen molar-refractivity contribution >= 4 is 34.9 Å². The van der Waals surface area contributed by atoms with Gasteiger partial charge in [-0.3, -0.25) is 9.55 Å². The summed E-state index contributed by atoms with van der Waals surface area (Å²) in [5.74, 6) is 1.27. The second-order valence-electron chi connectivity index (χ2n) is 6.06. The van der Waals surface area contributed by atoms with Crippen molar-refractivity contribution < 1.29 is 0 Å². The molecule has 30 heavy (non-hydrogen) atoms. The highest BCUT2D eigenvalue weighted by molar-refractivity contribution is 8.00. The Morgan fingerprint density at radius 2 is 1.77 bits per heavy atom. The van der Waals surface area contributed by atoms with E-state index in [1.165, 1.54) is 23.3 Å². The van der Waals surface area contributed by atoms with Gasteiger partial charge in [-0.05, 0) is 47.6 Å². The second kappa shape index (κ2) is 8.31. The minimum Gasteiger partial charge on any atom is -0.268 e. The van der Waals surface area contributed by atoms with E-state index < -0.39 is 0 Å². The highest BCUT2D eigenvalue weighted by Gasteiger charge is 2.19. The smallest absolute Gasteiger partial charge is 0.203 e. The zero-order valence-corrected chi connectivity index (χ0v) is 17.6. The summed E-state index contributed by atoms with van der Waals surface area (Å²) in [6.45, 7) is 0. The fourth-order valence-corrected chi connectivity index (χ4v) is 4.47. The van der Waals surface area contributed by atoms with Crippen LogP contribution in [-0.2, 0) is 0 Å². The van der Waals surface area contributed by atoms with Crippen LogP contribution in [0.15, 0.2) is 82.7 Å². The van der Waals surface area contributed by atoms with Crippen LogP contribution in [0, 0.1) is 0 Å². The first-order valence-electron chi connectivity index (χ1n) is 8.83. The molecule has 0 aliphatic heterocycles. The molecule has 0 fully saturated rings. The lowest BCUT2D eigenvalue weighted by Crippen LogP contribution is -2.00. The van der Waals surface area contributed by atoms with Crippen molar-refractivity contribution in [1.29, 1.82) is 0 Å². The molecule has 2 aromatic carbocycles. The summed E-state index contributed by atoms with van der Waals surface area (Å²) in [7, 11) is 0. The highest BCUT2D eigenvalue weighted by Crippen LogP contribution is 2.34. The van der Waals surface area contributed by atoms with Gasteiger partial charge in [-0.2, -0.15) is 4.37 Å². The Hall–Kier alpha value is -3.14. The highest BCUT2D eigenvalue weighted by atomic mass is 35.5. The summed E-state index contributed by atoms with van der Waals surface area (Å²) in [5, 5.41) is 10.0. The maximum absolute atomic E-state index is 6.08. The van der Waals surface area contributed by atoms with Crippen LogP contribution < -0.4 is 0 Å². The van der Waals surface area contributed by atoms with Crippen LogP contribution in [0.25, 0.3) is 28.6 Å². The summed E-state index contributed by atoms with van der Waals surface area (Å²) >= 11 is 8.80. The Bertz CT molecular complexity index is 1270. The average Bonchev–Trinajstić information content (AvgIpc) is 3.43. The van der Waals surface area contributed by atoms with Crippen LogP contribution >= 0.6 is 34.9 Å². The van der Waals surface area contributed by atoms with Crippen molar-refractivity contribution in [2.24, 2.45) is 0 Å². The molecule has 0 spiro atoms. The van der Waals surface area contributed by atoms with Crippen LogP contribution in [0.2, 0.25) is 5.02 Å². The largest absolute Gasteiger partial charge is 0.268 e. The van der Waals surface area contributed by atoms with Gasteiger partial charge in [-0.15, -0.1) is 10.2 Å². The molecule has 146 valence electrons. The van der Waals surface area contributed by atoms with Crippen molar-refractivity contribution in [3.8, 4) is 28.6 Å². The van der Waals surface area contributed by atoms with E-state index in [2.05, 4.69) is 29.5 Å². The third-order valence-corrected chi connectivity index (χ3v) is 6.08. The Morgan fingerprint density at radius 3 is 2.53 bits per heavy atom. The first kappa shape index (κ1) is 18.9. The maximum atomic E-state index is 6.08. The number of benzene rings is 2. The third kappa shape index (κ3) is 3.82. The Morgan fingerprint density at radius 1 is 0.933 bits per heavy atom. The zero-order valence-electron chi connectivity index (χ0n) is 15.3. The molecule has 0 aliphatic rings. The molecule has 5 rings (SSSR count). The molecule has 0 saturated heterocycles. The van der Waals surface area contributed by atoms with Crippen molar-refractivity contribution in [2.45, 2.75) is 9.50 Å². The van der Waals surface area contributed by atoms with Crippen molar-refractivity contribution in [1.82, 2.24) is 34.1 Å². The molecule has 0 N–H and O–H groups in total. The maximum Gasteiger partial charge on any atom is 0.203 e. The van der Waals surface area contributed by atoms with Gasteiger partial charge in [0.25, 0.3) is 0 Å². The molecule has 0 saturated carbocycles. The van der Waals surface area contributed by atoms with E-state index >= 15 is 0 Å². The molecule has 3 aromatic heterocycles. The Kier molecular flexibility index (Phi) is 5.22. The van der Waals surface area contributed by atoms with Gasteiger partial charge >= 0.3 is 0 Å². The van der Waals surface area contributed by atoms with Crippen LogP contribution in [0.3, 0.4) is 0 Å². The van der Waals surface area contributed by atoms with Gasteiger partial charge in [-0.25, -0.2) is 9.97 Å². The van der Waals surface area contributed by atoms with Crippen LogP contribution in [0.1, 0.15) is 0 Å².